The van der Waals surface area contributed by atoms with Gasteiger partial charge >= 0.3 is 12.1 Å². The summed E-state index contributed by atoms with van der Waals surface area (Å²) >= 11 is 0. The average molecular weight is 323 g/mol. The molecule has 0 fully saturated rings. The normalized spacial score (nSPS) is 12.5. The highest BCUT2D eigenvalue weighted by atomic mass is 19.4. The van der Waals surface area contributed by atoms with Crippen LogP contribution in [0.5, 0.6) is 0 Å². The van der Waals surface area contributed by atoms with Crippen LogP contribution < -0.4 is 5.73 Å². The first-order valence-electron chi connectivity index (χ1n) is 6.51. The molecule has 2 aromatic rings. The Kier molecular flexibility index (Phi) is 4.68. The second-order valence-electron chi connectivity index (χ2n) is 4.68. The van der Waals surface area contributed by atoms with E-state index in [9.17, 15) is 22.8 Å². The third kappa shape index (κ3) is 4.09. The minimum absolute atomic E-state index is 0.318. The van der Waals surface area contributed by atoms with Gasteiger partial charge in [-0.3, -0.25) is 4.79 Å². The van der Waals surface area contributed by atoms with Crippen LogP contribution in [0.4, 0.5) is 13.2 Å². The van der Waals surface area contributed by atoms with E-state index in [1.807, 2.05) is 0 Å². The van der Waals surface area contributed by atoms with E-state index in [4.69, 9.17) is 10.5 Å². The number of carbonyl (C=O) groups is 2. The third-order valence-electron chi connectivity index (χ3n) is 3.01. The van der Waals surface area contributed by atoms with Crippen molar-refractivity contribution >= 4 is 11.9 Å². The number of nitrogens with two attached hydrogens (primary N) is 1. The van der Waals surface area contributed by atoms with Crippen molar-refractivity contribution in [3.05, 3.63) is 71.3 Å². The topological polar surface area (TPSA) is 69.4 Å². The second-order valence-corrected chi connectivity index (χ2v) is 4.68. The Bertz CT molecular complexity index is 714. The van der Waals surface area contributed by atoms with E-state index < -0.39 is 29.7 Å². The molecule has 4 nitrogen and oxygen atoms in total. The number of benzene rings is 2. The lowest BCUT2D eigenvalue weighted by Crippen LogP contribution is -2.26. The maximum absolute atomic E-state index is 12.7. The molecular formula is C16H12F3NO3. The Morgan fingerprint density at radius 2 is 1.65 bits per heavy atom. The fourth-order valence-electron chi connectivity index (χ4n) is 1.92. The number of amides is 1. The molecule has 0 aromatic heterocycles. The number of hydrogen-bond acceptors (Lipinski definition) is 3. The summed E-state index contributed by atoms with van der Waals surface area (Å²) in [5, 5.41) is 0. The highest BCUT2D eigenvalue weighted by Gasteiger charge is 2.31. The van der Waals surface area contributed by atoms with Crippen molar-refractivity contribution in [2.24, 2.45) is 5.73 Å². The first kappa shape index (κ1) is 16.5. The van der Waals surface area contributed by atoms with Crippen LogP contribution in [0.3, 0.4) is 0 Å². The van der Waals surface area contributed by atoms with Gasteiger partial charge in [-0.2, -0.15) is 13.2 Å². The summed E-state index contributed by atoms with van der Waals surface area (Å²) in [6.07, 6.45) is -5.96. The summed E-state index contributed by atoms with van der Waals surface area (Å²) in [7, 11) is 0. The maximum Gasteiger partial charge on any atom is 0.416 e. The zero-order valence-electron chi connectivity index (χ0n) is 11.7. The predicted octanol–water partition coefficient (Wildman–Crippen LogP) is 3.09. The van der Waals surface area contributed by atoms with Crippen LogP contribution in [0, 0.1) is 0 Å². The van der Waals surface area contributed by atoms with E-state index in [0.29, 0.717) is 11.6 Å². The number of halogens is 3. The van der Waals surface area contributed by atoms with E-state index in [-0.39, 0.29) is 5.56 Å². The summed E-state index contributed by atoms with van der Waals surface area (Å²) < 4.78 is 43.0. The van der Waals surface area contributed by atoms with Gasteiger partial charge in [0.15, 0.2) is 0 Å². The Labute approximate surface area is 129 Å². The van der Waals surface area contributed by atoms with Crippen LogP contribution in [-0.2, 0) is 15.7 Å². The minimum atomic E-state index is -4.58. The average Bonchev–Trinajstić information content (AvgIpc) is 2.52. The molecule has 0 spiro atoms. The summed E-state index contributed by atoms with van der Waals surface area (Å²) in [5.74, 6) is -1.99. The largest absolute Gasteiger partial charge is 0.444 e. The number of ether oxygens (including phenoxy) is 1. The van der Waals surface area contributed by atoms with E-state index in [1.165, 1.54) is 18.2 Å². The third-order valence-corrected chi connectivity index (χ3v) is 3.01. The molecule has 120 valence electrons. The number of rotatable bonds is 4. The molecule has 0 aliphatic rings. The summed E-state index contributed by atoms with van der Waals surface area (Å²) in [6, 6.07) is 11.7. The van der Waals surface area contributed by atoms with Gasteiger partial charge in [-0.15, -0.1) is 0 Å². The van der Waals surface area contributed by atoms with Crippen molar-refractivity contribution in [2.75, 3.05) is 0 Å². The van der Waals surface area contributed by atoms with Gasteiger partial charge in [0.1, 0.15) is 0 Å². The standard InChI is InChI=1S/C16H12F3NO3/c17-16(18,19)12-8-4-7-11(9-12)15(22)23-13(14(20)21)10-5-2-1-3-6-10/h1-9,13H,(H2,20,21). The quantitative estimate of drug-likeness (QED) is 0.879. The predicted molar refractivity (Wildman–Crippen MR) is 75.2 cm³/mol. The van der Waals surface area contributed by atoms with E-state index in [2.05, 4.69) is 0 Å². The van der Waals surface area contributed by atoms with Crippen molar-refractivity contribution in [1.82, 2.24) is 0 Å². The lowest BCUT2D eigenvalue weighted by molar-refractivity contribution is -0.137. The Morgan fingerprint density at radius 1 is 1.00 bits per heavy atom. The Balaban J connectivity index is 2.25. The van der Waals surface area contributed by atoms with Gasteiger partial charge < -0.3 is 10.5 Å². The van der Waals surface area contributed by atoms with E-state index in [0.717, 1.165) is 12.1 Å². The molecule has 0 bridgehead atoms. The van der Waals surface area contributed by atoms with E-state index in [1.54, 1.807) is 18.2 Å². The smallest absolute Gasteiger partial charge is 0.416 e. The van der Waals surface area contributed by atoms with Crippen LogP contribution in [0.1, 0.15) is 27.6 Å². The Hall–Kier alpha value is -2.83. The van der Waals surface area contributed by atoms with Crippen molar-refractivity contribution in [3.8, 4) is 0 Å². The summed E-state index contributed by atoms with van der Waals surface area (Å²) in [4.78, 5) is 23.5. The van der Waals surface area contributed by atoms with Crippen LogP contribution in [0.2, 0.25) is 0 Å². The second kappa shape index (κ2) is 6.51. The number of esters is 1. The molecule has 0 aliphatic heterocycles. The van der Waals surface area contributed by atoms with Crippen LogP contribution >= 0.6 is 0 Å². The van der Waals surface area contributed by atoms with Crippen molar-refractivity contribution in [2.45, 2.75) is 12.3 Å². The molecule has 1 atom stereocenters. The lowest BCUT2D eigenvalue weighted by atomic mass is 10.1. The highest BCUT2D eigenvalue weighted by Crippen LogP contribution is 2.30. The molecule has 0 radical (unpaired) electrons. The Morgan fingerprint density at radius 3 is 2.22 bits per heavy atom. The molecule has 2 N–H and O–H groups in total. The number of carbonyl (C=O) groups excluding carboxylic acids is 2. The van der Waals surface area contributed by atoms with Crippen molar-refractivity contribution in [3.63, 3.8) is 0 Å². The van der Waals surface area contributed by atoms with Gasteiger partial charge in [-0.1, -0.05) is 36.4 Å². The molecule has 7 heteroatoms. The fourth-order valence-corrected chi connectivity index (χ4v) is 1.92. The van der Waals surface area contributed by atoms with Crippen molar-refractivity contribution in [1.29, 1.82) is 0 Å². The molecule has 2 rings (SSSR count). The van der Waals surface area contributed by atoms with Gasteiger partial charge in [0.05, 0.1) is 11.1 Å². The molecular weight excluding hydrogens is 311 g/mol. The summed E-state index contributed by atoms with van der Waals surface area (Å²) in [5.41, 5.74) is 4.23. The number of hydrogen-bond donors (Lipinski definition) is 1. The molecule has 2 aromatic carbocycles. The first-order chi connectivity index (χ1) is 10.8. The maximum atomic E-state index is 12.7. The van der Waals surface area contributed by atoms with Gasteiger partial charge in [-0.05, 0) is 18.2 Å². The van der Waals surface area contributed by atoms with Gasteiger partial charge in [0, 0.05) is 5.56 Å². The molecule has 1 unspecified atom stereocenters. The molecule has 23 heavy (non-hydrogen) atoms. The molecule has 0 heterocycles. The molecule has 0 aliphatic carbocycles. The zero-order valence-corrected chi connectivity index (χ0v) is 11.7. The van der Waals surface area contributed by atoms with Crippen LogP contribution in [-0.4, -0.2) is 11.9 Å². The van der Waals surface area contributed by atoms with Crippen LogP contribution in [0.25, 0.3) is 0 Å². The van der Waals surface area contributed by atoms with Gasteiger partial charge in [0.25, 0.3) is 5.91 Å². The molecule has 0 saturated carbocycles. The lowest BCUT2D eigenvalue weighted by Gasteiger charge is -2.15. The SMILES string of the molecule is NC(=O)C(OC(=O)c1cccc(C(F)(F)F)c1)c1ccccc1. The van der Waals surface area contributed by atoms with Gasteiger partial charge in [0.2, 0.25) is 6.10 Å². The molecule has 0 saturated heterocycles. The van der Waals surface area contributed by atoms with Gasteiger partial charge in [-0.25, -0.2) is 4.79 Å². The zero-order chi connectivity index (χ0) is 17.0. The van der Waals surface area contributed by atoms with E-state index >= 15 is 0 Å². The highest BCUT2D eigenvalue weighted by molar-refractivity contribution is 5.92. The number of primary amides is 1. The fraction of sp³-hybridized carbons (Fsp3) is 0.125. The first-order valence-corrected chi connectivity index (χ1v) is 6.51. The van der Waals surface area contributed by atoms with Crippen LogP contribution in [0.15, 0.2) is 54.6 Å². The van der Waals surface area contributed by atoms with Crippen molar-refractivity contribution < 1.29 is 27.5 Å². The minimum Gasteiger partial charge on any atom is -0.444 e. The molecule has 1 amide bonds. The summed E-state index contributed by atoms with van der Waals surface area (Å²) in [6.45, 7) is 0. The number of alkyl halides is 3. The monoisotopic (exact) mass is 323 g/mol.